The van der Waals surface area contributed by atoms with Crippen LogP contribution in [0.2, 0.25) is 0 Å². The first kappa shape index (κ1) is 11.8. The maximum absolute atomic E-state index is 11.8. The largest absolute Gasteiger partial charge is 0.298 e. The molecule has 15 heavy (non-hydrogen) atoms. The van der Waals surface area contributed by atoms with E-state index in [-0.39, 0.29) is 5.91 Å². The molecule has 0 aliphatic heterocycles. The quantitative estimate of drug-likeness (QED) is 0.758. The van der Waals surface area contributed by atoms with Gasteiger partial charge in [-0.1, -0.05) is 20.3 Å². The van der Waals surface area contributed by atoms with E-state index in [4.69, 9.17) is 0 Å². The molecule has 0 aliphatic rings. The summed E-state index contributed by atoms with van der Waals surface area (Å²) < 4.78 is 1.70. The Kier molecular flexibility index (Phi) is 3.88. The summed E-state index contributed by atoms with van der Waals surface area (Å²) in [7, 11) is 3.61. The fourth-order valence-corrected chi connectivity index (χ4v) is 1.29. The number of amides is 1. The van der Waals surface area contributed by atoms with Crippen LogP contribution < -0.4 is 4.90 Å². The molecule has 1 aromatic heterocycles. The zero-order chi connectivity index (χ0) is 11.4. The first-order chi connectivity index (χ1) is 7.04. The third-order valence-electron chi connectivity index (χ3n) is 2.64. The molecule has 0 aromatic carbocycles. The van der Waals surface area contributed by atoms with Gasteiger partial charge in [0.2, 0.25) is 5.91 Å². The van der Waals surface area contributed by atoms with Gasteiger partial charge in [0.1, 0.15) is 0 Å². The Morgan fingerprint density at radius 3 is 2.80 bits per heavy atom. The van der Waals surface area contributed by atoms with Crippen LogP contribution in [0.1, 0.15) is 26.7 Å². The topological polar surface area (TPSA) is 38.1 Å². The van der Waals surface area contributed by atoms with Gasteiger partial charge in [-0.15, -0.1) is 0 Å². The van der Waals surface area contributed by atoms with Crippen molar-refractivity contribution in [2.75, 3.05) is 11.9 Å². The van der Waals surface area contributed by atoms with E-state index < -0.39 is 0 Å². The maximum Gasteiger partial charge on any atom is 0.228 e. The van der Waals surface area contributed by atoms with Crippen LogP contribution in [0, 0.1) is 5.92 Å². The van der Waals surface area contributed by atoms with Crippen molar-refractivity contribution in [3.8, 4) is 0 Å². The third-order valence-corrected chi connectivity index (χ3v) is 2.64. The summed E-state index contributed by atoms with van der Waals surface area (Å²) in [5, 5.41) is 4.19. The van der Waals surface area contributed by atoms with Gasteiger partial charge in [-0.2, -0.15) is 5.10 Å². The van der Waals surface area contributed by atoms with Crippen molar-refractivity contribution in [2.24, 2.45) is 13.0 Å². The van der Waals surface area contributed by atoms with Crippen molar-refractivity contribution in [3.05, 3.63) is 12.3 Å². The Hall–Kier alpha value is -1.32. The molecule has 4 heteroatoms. The average molecular weight is 209 g/mol. The second-order valence-corrected chi connectivity index (χ2v) is 4.02. The fraction of sp³-hybridized carbons (Fsp3) is 0.636. The molecule has 0 saturated carbocycles. The number of carbonyl (C=O) groups is 1. The summed E-state index contributed by atoms with van der Waals surface area (Å²) >= 11 is 0. The molecule has 0 spiro atoms. The average Bonchev–Trinajstić information content (AvgIpc) is 2.63. The van der Waals surface area contributed by atoms with Crippen LogP contribution in [0.5, 0.6) is 0 Å². The molecule has 1 rings (SSSR count). The molecule has 4 nitrogen and oxygen atoms in total. The number of aromatic nitrogens is 2. The Labute approximate surface area is 90.9 Å². The fourth-order valence-electron chi connectivity index (χ4n) is 1.29. The number of hydrogen-bond donors (Lipinski definition) is 0. The second kappa shape index (κ2) is 4.96. The van der Waals surface area contributed by atoms with Crippen molar-refractivity contribution in [1.29, 1.82) is 0 Å². The van der Waals surface area contributed by atoms with Gasteiger partial charge >= 0.3 is 0 Å². The Balaban J connectivity index is 2.60. The summed E-state index contributed by atoms with van der Waals surface area (Å²) in [6.45, 7) is 4.18. The van der Waals surface area contributed by atoms with E-state index in [2.05, 4.69) is 18.9 Å². The van der Waals surface area contributed by atoms with Crippen LogP contribution in [0.15, 0.2) is 12.3 Å². The molecule has 1 amide bonds. The van der Waals surface area contributed by atoms with Gasteiger partial charge < -0.3 is 0 Å². The minimum absolute atomic E-state index is 0.128. The molecule has 0 saturated heterocycles. The molecule has 0 radical (unpaired) electrons. The minimum Gasteiger partial charge on any atom is -0.298 e. The molecule has 84 valence electrons. The highest BCUT2D eigenvalue weighted by Crippen LogP contribution is 2.13. The Morgan fingerprint density at radius 2 is 2.33 bits per heavy atom. The predicted octanol–water partition coefficient (Wildman–Crippen LogP) is 1.82. The van der Waals surface area contributed by atoms with Crippen molar-refractivity contribution in [3.63, 3.8) is 0 Å². The van der Waals surface area contributed by atoms with Gasteiger partial charge in [0.25, 0.3) is 0 Å². The van der Waals surface area contributed by atoms with E-state index in [1.54, 1.807) is 16.6 Å². The van der Waals surface area contributed by atoms with E-state index in [1.807, 2.05) is 19.3 Å². The third kappa shape index (κ3) is 3.08. The molecule has 1 heterocycles. The van der Waals surface area contributed by atoms with Crippen molar-refractivity contribution in [1.82, 2.24) is 9.78 Å². The van der Waals surface area contributed by atoms with Crippen LogP contribution in [0.25, 0.3) is 0 Å². The number of hydrogen-bond acceptors (Lipinski definition) is 2. The summed E-state index contributed by atoms with van der Waals surface area (Å²) in [5.74, 6) is 1.28. The standard InChI is InChI=1S/C11H19N3O/c1-5-9(2)8-11(15)14(4)10-6-7-13(3)12-10/h6-7,9H,5,8H2,1-4H3/t9-/m1/s1. The highest BCUT2D eigenvalue weighted by molar-refractivity contribution is 5.91. The van der Waals surface area contributed by atoms with Gasteiger partial charge in [0, 0.05) is 32.8 Å². The van der Waals surface area contributed by atoms with Gasteiger partial charge in [-0.05, 0) is 5.92 Å². The van der Waals surface area contributed by atoms with Gasteiger partial charge in [0.15, 0.2) is 5.82 Å². The second-order valence-electron chi connectivity index (χ2n) is 4.02. The van der Waals surface area contributed by atoms with Gasteiger partial charge in [-0.3, -0.25) is 14.4 Å². The van der Waals surface area contributed by atoms with E-state index in [0.29, 0.717) is 18.2 Å². The molecule has 1 aromatic rings. The van der Waals surface area contributed by atoms with Crippen molar-refractivity contribution < 1.29 is 4.79 Å². The smallest absolute Gasteiger partial charge is 0.228 e. The molecule has 0 aliphatic carbocycles. The van der Waals surface area contributed by atoms with Crippen LogP contribution in [0.4, 0.5) is 5.82 Å². The molecular formula is C11H19N3O. The highest BCUT2D eigenvalue weighted by Gasteiger charge is 2.15. The molecular weight excluding hydrogens is 190 g/mol. The minimum atomic E-state index is 0.128. The Bertz CT molecular complexity index is 332. The van der Waals surface area contributed by atoms with Crippen molar-refractivity contribution >= 4 is 11.7 Å². The first-order valence-electron chi connectivity index (χ1n) is 5.30. The number of aryl methyl sites for hydroxylation is 1. The Morgan fingerprint density at radius 1 is 1.67 bits per heavy atom. The molecule has 0 N–H and O–H groups in total. The lowest BCUT2D eigenvalue weighted by Gasteiger charge is -2.16. The predicted molar refractivity (Wildman–Crippen MR) is 60.7 cm³/mol. The number of anilines is 1. The summed E-state index contributed by atoms with van der Waals surface area (Å²) in [6.07, 6.45) is 3.45. The van der Waals surface area contributed by atoms with Crippen LogP contribution in [-0.2, 0) is 11.8 Å². The number of carbonyl (C=O) groups excluding carboxylic acids is 1. The van der Waals surface area contributed by atoms with E-state index >= 15 is 0 Å². The summed E-state index contributed by atoms with van der Waals surface area (Å²) in [5.41, 5.74) is 0. The molecule has 1 atom stereocenters. The van der Waals surface area contributed by atoms with E-state index in [0.717, 1.165) is 6.42 Å². The van der Waals surface area contributed by atoms with Crippen LogP contribution in [-0.4, -0.2) is 22.7 Å². The highest BCUT2D eigenvalue weighted by atomic mass is 16.2. The van der Waals surface area contributed by atoms with Crippen LogP contribution in [0.3, 0.4) is 0 Å². The first-order valence-corrected chi connectivity index (χ1v) is 5.30. The summed E-state index contributed by atoms with van der Waals surface area (Å²) in [6, 6.07) is 1.84. The maximum atomic E-state index is 11.8. The zero-order valence-electron chi connectivity index (χ0n) is 9.90. The van der Waals surface area contributed by atoms with Gasteiger partial charge in [-0.25, -0.2) is 0 Å². The molecule has 0 bridgehead atoms. The summed E-state index contributed by atoms with van der Waals surface area (Å²) in [4.78, 5) is 13.4. The normalized spacial score (nSPS) is 12.5. The SMILES string of the molecule is CC[C@@H](C)CC(=O)N(C)c1ccn(C)n1. The van der Waals surface area contributed by atoms with E-state index in [1.165, 1.54) is 0 Å². The lowest BCUT2D eigenvalue weighted by molar-refractivity contribution is -0.119. The van der Waals surface area contributed by atoms with Gasteiger partial charge in [0.05, 0.1) is 0 Å². The van der Waals surface area contributed by atoms with Crippen LogP contribution >= 0.6 is 0 Å². The molecule has 0 fully saturated rings. The molecule has 0 unspecified atom stereocenters. The van der Waals surface area contributed by atoms with E-state index in [9.17, 15) is 4.79 Å². The number of rotatable bonds is 4. The number of nitrogens with zero attached hydrogens (tertiary/aromatic N) is 3. The monoisotopic (exact) mass is 209 g/mol. The zero-order valence-corrected chi connectivity index (χ0v) is 9.90. The van der Waals surface area contributed by atoms with Crippen molar-refractivity contribution in [2.45, 2.75) is 26.7 Å². The lowest BCUT2D eigenvalue weighted by atomic mass is 10.0. The lowest BCUT2D eigenvalue weighted by Crippen LogP contribution is -2.28.